The zero-order valence-electron chi connectivity index (χ0n) is 11.3. The fourth-order valence-electron chi connectivity index (χ4n) is 2.08. The average molecular weight is 238 g/mol. The third-order valence-corrected chi connectivity index (χ3v) is 3.40. The van der Waals surface area contributed by atoms with E-state index in [1.54, 1.807) is 6.26 Å². The Hall–Kier alpha value is -0.800. The first-order valence-corrected chi connectivity index (χ1v) is 6.70. The van der Waals surface area contributed by atoms with E-state index in [0.717, 1.165) is 25.8 Å². The maximum Gasteiger partial charge on any atom is 0.0950 e. The van der Waals surface area contributed by atoms with Crippen LogP contribution in [-0.2, 0) is 0 Å². The van der Waals surface area contributed by atoms with Crippen LogP contribution in [0.15, 0.2) is 23.0 Å². The molecule has 0 aliphatic heterocycles. The molecular weight excluding hydrogens is 212 g/mol. The monoisotopic (exact) mass is 238 g/mol. The van der Waals surface area contributed by atoms with Crippen LogP contribution < -0.4 is 11.1 Å². The van der Waals surface area contributed by atoms with Gasteiger partial charge in [0.1, 0.15) is 0 Å². The van der Waals surface area contributed by atoms with Gasteiger partial charge in [-0.25, -0.2) is 0 Å². The molecular formula is C14H26N2O. The largest absolute Gasteiger partial charge is 0.472 e. The van der Waals surface area contributed by atoms with Gasteiger partial charge in [0.2, 0.25) is 0 Å². The molecule has 3 nitrogen and oxygen atoms in total. The van der Waals surface area contributed by atoms with Crippen LogP contribution in [-0.4, -0.2) is 12.6 Å². The molecule has 0 amide bonds. The summed E-state index contributed by atoms with van der Waals surface area (Å²) in [5.41, 5.74) is 7.33. The number of hydrogen-bond acceptors (Lipinski definition) is 3. The minimum absolute atomic E-state index is 0.285. The van der Waals surface area contributed by atoms with E-state index in [2.05, 4.69) is 26.1 Å². The fraction of sp³-hybridized carbons (Fsp3) is 0.714. The van der Waals surface area contributed by atoms with E-state index in [0.29, 0.717) is 12.0 Å². The molecule has 0 saturated heterocycles. The highest BCUT2D eigenvalue weighted by molar-refractivity contribution is 5.11. The van der Waals surface area contributed by atoms with E-state index in [1.807, 2.05) is 12.3 Å². The van der Waals surface area contributed by atoms with Crippen molar-refractivity contribution in [3.63, 3.8) is 0 Å². The predicted molar refractivity (Wildman–Crippen MR) is 71.8 cm³/mol. The number of nitrogens with two attached hydrogens (primary N) is 1. The van der Waals surface area contributed by atoms with E-state index in [9.17, 15) is 0 Å². The van der Waals surface area contributed by atoms with Gasteiger partial charge in [0, 0.05) is 17.6 Å². The molecule has 1 aromatic heterocycles. The van der Waals surface area contributed by atoms with Crippen molar-refractivity contribution in [3.8, 4) is 0 Å². The van der Waals surface area contributed by atoms with Crippen LogP contribution in [0.1, 0.15) is 51.6 Å². The first-order valence-electron chi connectivity index (χ1n) is 6.70. The lowest BCUT2D eigenvalue weighted by atomic mass is 9.91. The molecule has 0 saturated carbocycles. The van der Waals surface area contributed by atoms with Gasteiger partial charge in [-0.05, 0) is 37.8 Å². The summed E-state index contributed by atoms with van der Waals surface area (Å²) in [5, 5.41) is 3.57. The van der Waals surface area contributed by atoms with Gasteiger partial charge in [-0.15, -0.1) is 0 Å². The minimum Gasteiger partial charge on any atom is -0.472 e. The van der Waals surface area contributed by atoms with E-state index in [4.69, 9.17) is 10.2 Å². The summed E-state index contributed by atoms with van der Waals surface area (Å²) >= 11 is 0. The number of furan rings is 1. The summed E-state index contributed by atoms with van der Waals surface area (Å²) in [6.07, 6.45) is 6.81. The first-order chi connectivity index (χ1) is 8.19. The maximum absolute atomic E-state index is 6.10. The van der Waals surface area contributed by atoms with Gasteiger partial charge < -0.3 is 15.5 Å². The number of hydrogen-bond donors (Lipinski definition) is 2. The Morgan fingerprint density at radius 2 is 2.18 bits per heavy atom. The molecule has 0 radical (unpaired) electrons. The Morgan fingerprint density at radius 1 is 1.41 bits per heavy atom. The van der Waals surface area contributed by atoms with Gasteiger partial charge in [0.15, 0.2) is 0 Å². The summed E-state index contributed by atoms with van der Waals surface area (Å²) in [5.74, 6) is 0.518. The Morgan fingerprint density at radius 3 is 2.71 bits per heavy atom. The zero-order valence-corrected chi connectivity index (χ0v) is 11.3. The molecule has 17 heavy (non-hydrogen) atoms. The second kappa shape index (κ2) is 7.51. The van der Waals surface area contributed by atoms with Crippen LogP contribution in [0.25, 0.3) is 0 Å². The molecule has 3 unspecified atom stereocenters. The summed E-state index contributed by atoms with van der Waals surface area (Å²) < 4.78 is 5.17. The first kappa shape index (κ1) is 14.3. The lowest BCUT2D eigenvalue weighted by molar-refractivity contribution is 0.352. The molecule has 1 heterocycles. The molecule has 0 aliphatic carbocycles. The van der Waals surface area contributed by atoms with Crippen LogP contribution in [0.5, 0.6) is 0 Å². The van der Waals surface area contributed by atoms with E-state index >= 15 is 0 Å². The van der Waals surface area contributed by atoms with Crippen LogP contribution in [0.3, 0.4) is 0 Å². The molecule has 1 aromatic rings. The smallest absolute Gasteiger partial charge is 0.0950 e. The highest BCUT2D eigenvalue weighted by Gasteiger charge is 2.19. The van der Waals surface area contributed by atoms with Gasteiger partial charge in [-0.2, -0.15) is 0 Å². The van der Waals surface area contributed by atoms with Crippen molar-refractivity contribution in [1.29, 1.82) is 0 Å². The Kier molecular flexibility index (Phi) is 6.30. The quantitative estimate of drug-likeness (QED) is 0.731. The van der Waals surface area contributed by atoms with E-state index in [1.165, 1.54) is 5.56 Å². The van der Waals surface area contributed by atoms with Crippen molar-refractivity contribution in [1.82, 2.24) is 5.32 Å². The summed E-state index contributed by atoms with van der Waals surface area (Å²) in [6.45, 7) is 7.59. The molecule has 3 heteroatoms. The standard InChI is InChI=1S/C14H26N2O/c1-4-7-16-14(12-6-8-17-10-12)9-11(3)13(15)5-2/h6,8,10-11,13-14,16H,4-5,7,9,15H2,1-3H3. The highest BCUT2D eigenvalue weighted by Crippen LogP contribution is 2.23. The van der Waals surface area contributed by atoms with Crippen molar-refractivity contribution >= 4 is 0 Å². The van der Waals surface area contributed by atoms with Crippen molar-refractivity contribution < 1.29 is 4.42 Å². The molecule has 3 atom stereocenters. The molecule has 0 spiro atoms. The van der Waals surface area contributed by atoms with Crippen LogP contribution in [0, 0.1) is 5.92 Å². The predicted octanol–water partition coefficient (Wildman–Crippen LogP) is 3.08. The van der Waals surface area contributed by atoms with Crippen molar-refractivity contribution in [3.05, 3.63) is 24.2 Å². The molecule has 3 N–H and O–H groups in total. The zero-order chi connectivity index (χ0) is 12.7. The molecule has 0 aliphatic rings. The molecule has 0 fully saturated rings. The second-order valence-corrected chi connectivity index (χ2v) is 4.85. The average Bonchev–Trinajstić information content (AvgIpc) is 2.86. The van der Waals surface area contributed by atoms with Gasteiger partial charge in [0.25, 0.3) is 0 Å². The van der Waals surface area contributed by atoms with Crippen LogP contribution in [0.4, 0.5) is 0 Å². The topological polar surface area (TPSA) is 51.2 Å². The van der Waals surface area contributed by atoms with Gasteiger partial charge in [-0.1, -0.05) is 20.8 Å². The Bertz CT molecular complexity index is 284. The summed E-state index contributed by atoms with van der Waals surface area (Å²) in [4.78, 5) is 0. The maximum atomic E-state index is 6.10. The summed E-state index contributed by atoms with van der Waals surface area (Å²) in [7, 11) is 0. The van der Waals surface area contributed by atoms with Gasteiger partial charge in [0.05, 0.1) is 12.5 Å². The van der Waals surface area contributed by atoms with Crippen molar-refractivity contribution in [2.24, 2.45) is 11.7 Å². The third-order valence-electron chi connectivity index (χ3n) is 3.40. The second-order valence-electron chi connectivity index (χ2n) is 4.85. The lowest BCUT2D eigenvalue weighted by Crippen LogP contribution is -2.32. The normalized spacial score (nSPS) is 16.7. The summed E-state index contributed by atoms with van der Waals surface area (Å²) in [6, 6.07) is 2.69. The SMILES string of the molecule is CCCNC(CC(C)C(N)CC)c1ccoc1. The van der Waals surface area contributed by atoms with Gasteiger partial charge in [-0.3, -0.25) is 0 Å². The van der Waals surface area contributed by atoms with E-state index < -0.39 is 0 Å². The highest BCUT2D eigenvalue weighted by atomic mass is 16.3. The molecule has 0 bridgehead atoms. The van der Waals surface area contributed by atoms with Crippen LogP contribution >= 0.6 is 0 Å². The van der Waals surface area contributed by atoms with Crippen molar-refractivity contribution in [2.45, 2.75) is 52.1 Å². The van der Waals surface area contributed by atoms with Crippen LogP contribution in [0.2, 0.25) is 0 Å². The molecule has 0 aromatic carbocycles. The lowest BCUT2D eigenvalue weighted by Gasteiger charge is -2.24. The fourth-order valence-corrected chi connectivity index (χ4v) is 2.08. The molecule has 98 valence electrons. The van der Waals surface area contributed by atoms with Crippen molar-refractivity contribution in [2.75, 3.05) is 6.54 Å². The molecule has 1 rings (SSSR count). The van der Waals surface area contributed by atoms with Gasteiger partial charge >= 0.3 is 0 Å². The Balaban J connectivity index is 2.58. The minimum atomic E-state index is 0.285. The number of nitrogens with one attached hydrogen (secondary N) is 1. The number of rotatable bonds is 8. The Labute approximate surface area is 105 Å². The van der Waals surface area contributed by atoms with E-state index in [-0.39, 0.29) is 6.04 Å². The third kappa shape index (κ3) is 4.52.